The highest BCUT2D eigenvalue weighted by Gasteiger charge is 2.22. The molecule has 0 aromatic carbocycles. The number of hydrogen-bond acceptors (Lipinski definition) is 6. The number of carbonyl (C=O) groups excluding carboxylic acids is 1. The lowest BCUT2D eigenvalue weighted by atomic mass is 9.93. The zero-order chi connectivity index (χ0) is 19.6. The van der Waals surface area contributed by atoms with Crippen LogP contribution in [-0.4, -0.2) is 47.0 Å². The summed E-state index contributed by atoms with van der Waals surface area (Å²) in [4.78, 5) is 27.2. The Hall–Kier alpha value is -2.70. The summed E-state index contributed by atoms with van der Waals surface area (Å²) < 4.78 is 0. The Morgan fingerprint density at radius 2 is 2.14 bits per heavy atom. The van der Waals surface area contributed by atoms with Gasteiger partial charge < -0.3 is 15.5 Å². The second kappa shape index (κ2) is 10.6. The molecule has 3 rings (SSSR count). The van der Waals surface area contributed by atoms with Gasteiger partial charge in [0.2, 0.25) is 5.91 Å². The van der Waals surface area contributed by atoms with E-state index < -0.39 is 0 Å². The zero-order valence-corrected chi connectivity index (χ0v) is 16.6. The van der Waals surface area contributed by atoms with Crippen molar-refractivity contribution in [3.8, 4) is 0 Å². The first-order chi connectivity index (χ1) is 13.7. The number of rotatable bonds is 9. The van der Waals surface area contributed by atoms with E-state index in [1.807, 2.05) is 18.2 Å². The van der Waals surface area contributed by atoms with Gasteiger partial charge in [-0.2, -0.15) is 0 Å². The molecule has 1 aliphatic heterocycles. The Morgan fingerprint density at radius 1 is 1.29 bits per heavy atom. The quantitative estimate of drug-likeness (QED) is 0.694. The van der Waals surface area contributed by atoms with Gasteiger partial charge in [-0.1, -0.05) is 0 Å². The highest BCUT2D eigenvalue weighted by molar-refractivity contribution is 5.75. The van der Waals surface area contributed by atoms with Gasteiger partial charge in [-0.3, -0.25) is 9.78 Å². The largest absolute Gasteiger partial charge is 0.370 e. The summed E-state index contributed by atoms with van der Waals surface area (Å²) in [5, 5.41) is 6.27. The van der Waals surface area contributed by atoms with Crippen molar-refractivity contribution < 1.29 is 4.79 Å². The highest BCUT2D eigenvalue weighted by atomic mass is 16.1. The first-order valence-corrected chi connectivity index (χ1v) is 10.2. The number of amides is 1. The monoisotopic (exact) mass is 382 g/mol. The number of piperidine rings is 1. The molecule has 0 radical (unpaired) electrons. The van der Waals surface area contributed by atoms with Gasteiger partial charge in [0, 0.05) is 51.1 Å². The third-order valence-corrected chi connectivity index (χ3v) is 5.12. The average molecular weight is 383 g/mol. The van der Waals surface area contributed by atoms with E-state index in [4.69, 9.17) is 0 Å². The van der Waals surface area contributed by atoms with Crippen molar-refractivity contribution in [2.24, 2.45) is 5.92 Å². The van der Waals surface area contributed by atoms with Crippen molar-refractivity contribution >= 4 is 17.5 Å². The first kappa shape index (κ1) is 20.0. The van der Waals surface area contributed by atoms with Gasteiger partial charge in [0.25, 0.3) is 0 Å². The zero-order valence-electron chi connectivity index (χ0n) is 16.6. The fourth-order valence-corrected chi connectivity index (χ4v) is 3.63. The molecule has 0 saturated carbocycles. The maximum Gasteiger partial charge on any atom is 0.220 e. The van der Waals surface area contributed by atoms with E-state index >= 15 is 0 Å². The van der Waals surface area contributed by atoms with Crippen molar-refractivity contribution in [1.82, 2.24) is 20.3 Å². The average Bonchev–Trinajstić information content (AvgIpc) is 2.74. The van der Waals surface area contributed by atoms with Gasteiger partial charge in [-0.15, -0.1) is 0 Å². The molecule has 28 heavy (non-hydrogen) atoms. The Bertz CT molecular complexity index is 739. The van der Waals surface area contributed by atoms with Crippen LogP contribution in [0.25, 0.3) is 0 Å². The lowest BCUT2D eigenvalue weighted by Crippen LogP contribution is -2.36. The predicted octanol–water partition coefficient (Wildman–Crippen LogP) is 2.66. The van der Waals surface area contributed by atoms with Crippen molar-refractivity contribution in [2.75, 3.05) is 36.4 Å². The highest BCUT2D eigenvalue weighted by Crippen LogP contribution is 2.25. The molecule has 3 heterocycles. The van der Waals surface area contributed by atoms with E-state index in [2.05, 4.69) is 37.4 Å². The van der Waals surface area contributed by atoms with Gasteiger partial charge in [0.1, 0.15) is 18.0 Å². The van der Waals surface area contributed by atoms with Gasteiger partial charge in [-0.25, -0.2) is 9.97 Å². The van der Waals surface area contributed by atoms with E-state index in [0.717, 1.165) is 50.5 Å². The van der Waals surface area contributed by atoms with E-state index in [9.17, 15) is 4.79 Å². The van der Waals surface area contributed by atoms with E-state index in [1.165, 1.54) is 12.0 Å². The molecule has 7 nitrogen and oxygen atoms in total. The Balaban J connectivity index is 1.41. The molecule has 0 aliphatic carbocycles. The van der Waals surface area contributed by atoms with Crippen molar-refractivity contribution in [3.05, 3.63) is 42.5 Å². The fourth-order valence-electron chi connectivity index (χ4n) is 3.63. The normalized spacial score (nSPS) is 16.6. The molecule has 2 N–H and O–H groups in total. The van der Waals surface area contributed by atoms with Crippen LogP contribution in [0.3, 0.4) is 0 Å². The van der Waals surface area contributed by atoms with Crippen LogP contribution in [0.4, 0.5) is 11.6 Å². The molecule has 1 unspecified atom stereocenters. The summed E-state index contributed by atoms with van der Waals surface area (Å²) in [5.41, 5.74) is 1.19. The number of hydrogen-bond donors (Lipinski definition) is 2. The minimum absolute atomic E-state index is 0.141. The van der Waals surface area contributed by atoms with Crippen molar-refractivity contribution in [3.63, 3.8) is 0 Å². The standard InChI is InChI=1S/C21H30N6O/c1-2-23-19-14-20(26-16-25-19)27-13-3-4-18(15-27)5-6-21(28)24-12-9-17-7-10-22-11-8-17/h7-8,10-11,14,16,18H,2-6,9,12-13,15H2,1H3,(H,24,28)(H,23,25,26). The maximum absolute atomic E-state index is 12.2. The number of aromatic nitrogens is 3. The van der Waals surface area contributed by atoms with Crippen LogP contribution in [0.2, 0.25) is 0 Å². The molecule has 7 heteroatoms. The molecule has 1 amide bonds. The van der Waals surface area contributed by atoms with Gasteiger partial charge in [0.05, 0.1) is 0 Å². The molecular weight excluding hydrogens is 352 g/mol. The topological polar surface area (TPSA) is 83.0 Å². The molecule has 0 spiro atoms. The van der Waals surface area contributed by atoms with Crippen LogP contribution in [0.15, 0.2) is 36.9 Å². The Kier molecular flexibility index (Phi) is 7.58. The van der Waals surface area contributed by atoms with Crippen LogP contribution in [0, 0.1) is 5.92 Å². The number of nitrogens with zero attached hydrogens (tertiary/aromatic N) is 4. The fraction of sp³-hybridized carbons (Fsp3) is 0.524. The summed E-state index contributed by atoms with van der Waals surface area (Å²) in [6.45, 7) is 5.54. The summed E-state index contributed by atoms with van der Waals surface area (Å²) in [7, 11) is 0. The van der Waals surface area contributed by atoms with E-state index in [0.29, 0.717) is 18.9 Å². The second-order valence-electron chi connectivity index (χ2n) is 7.24. The summed E-state index contributed by atoms with van der Waals surface area (Å²) in [6, 6.07) is 5.98. The van der Waals surface area contributed by atoms with Crippen LogP contribution in [0.5, 0.6) is 0 Å². The molecule has 2 aromatic heterocycles. The molecule has 1 aliphatic rings. The number of pyridine rings is 1. The Labute approximate surface area is 167 Å². The van der Waals surface area contributed by atoms with Crippen LogP contribution in [0.1, 0.15) is 38.2 Å². The Morgan fingerprint density at radius 3 is 2.96 bits per heavy atom. The smallest absolute Gasteiger partial charge is 0.220 e. The minimum Gasteiger partial charge on any atom is -0.370 e. The molecule has 1 atom stereocenters. The third-order valence-electron chi connectivity index (χ3n) is 5.12. The van der Waals surface area contributed by atoms with E-state index in [-0.39, 0.29) is 5.91 Å². The second-order valence-corrected chi connectivity index (χ2v) is 7.24. The van der Waals surface area contributed by atoms with Gasteiger partial charge in [-0.05, 0) is 56.2 Å². The number of carbonyl (C=O) groups is 1. The molecule has 1 saturated heterocycles. The predicted molar refractivity (Wildman–Crippen MR) is 111 cm³/mol. The molecular formula is C21H30N6O. The van der Waals surface area contributed by atoms with Crippen LogP contribution >= 0.6 is 0 Å². The summed E-state index contributed by atoms with van der Waals surface area (Å²) in [6.07, 6.45) is 9.83. The van der Waals surface area contributed by atoms with Crippen LogP contribution < -0.4 is 15.5 Å². The molecule has 1 fully saturated rings. The van der Waals surface area contributed by atoms with Crippen molar-refractivity contribution in [1.29, 1.82) is 0 Å². The summed E-state index contributed by atoms with van der Waals surface area (Å²) >= 11 is 0. The van der Waals surface area contributed by atoms with Gasteiger partial charge >= 0.3 is 0 Å². The molecule has 2 aromatic rings. The number of anilines is 2. The summed E-state index contributed by atoms with van der Waals surface area (Å²) in [5.74, 6) is 2.50. The first-order valence-electron chi connectivity index (χ1n) is 10.2. The SMILES string of the molecule is CCNc1cc(N2CCCC(CCC(=O)NCCc3ccncc3)C2)ncn1. The lowest BCUT2D eigenvalue weighted by Gasteiger charge is -2.33. The minimum atomic E-state index is 0.141. The van der Waals surface area contributed by atoms with Crippen LogP contribution in [-0.2, 0) is 11.2 Å². The third kappa shape index (κ3) is 6.18. The maximum atomic E-state index is 12.2. The van der Waals surface area contributed by atoms with Gasteiger partial charge in [0.15, 0.2) is 0 Å². The lowest BCUT2D eigenvalue weighted by molar-refractivity contribution is -0.121. The molecule has 150 valence electrons. The van der Waals surface area contributed by atoms with Crippen molar-refractivity contribution in [2.45, 2.75) is 39.0 Å². The number of nitrogens with one attached hydrogen (secondary N) is 2. The van der Waals surface area contributed by atoms with E-state index in [1.54, 1.807) is 18.7 Å². The molecule has 0 bridgehead atoms.